The first-order chi connectivity index (χ1) is 10.3. The third kappa shape index (κ3) is 2.69. The van der Waals surface area contributed by atoms with Gasteiger partial charge in [-0.2, -0.15) is 4.31 Å². The first-order valence-electron chi connectivity index (χ1n) is 7.63. The molecule has 6 heteroatoms. The molecule has 2 aliphatic heterocycles. The molecule has 2 heterocycles. The highest BCUT2D eigenvalue weighted by atomic mass is 32.2. The average molecular weight is 324 g/mol. The molecule has 0 aromatic heterocycles. The SMILES string of the molecule is Cc1cccc(S(=O)(=O)N2C[C@@H]3COC[C@]3(CN(C)C)C2)c1. The Morgan fingerprint density at radius 3 is 2.86 bits per heavy atom. The van der Waals surface area contributed by atoms with E-state index in [0.29, 0.717) is 31.2 Å². The van der Waals surface area contributed by atoms with E-state index < -0.39 is 10.0 Å². The molecule has 0 N–H and O–H groups in total. The van der Waals surface area contributed by atoms with Crippen molar-refractivity contribution in [2.45, 2.75) is 11.8 Å². The van der Waals surface area contributed by atoms with Crippen molar-refractivity contribution in [3.63, 3.8) is 0 Å². The summed E-state index contributed by atoms with van der Waals surface area (Å²) in [5, 5.41) is 0. The average Bonchev–Trinajstić information content (AvgIpc) is 2.94. The summed E-state index contributed by atoms with van der Waals surface area (Å²) >= 11 is 0. The van der Waals surface area contributed by atoms with Crippen molar-refractivity contribution in [3.8, 4) is 0 Å². The molecule has 0 unspecified atom stereocenters. The van der Waals surface area contributed by atoms with Crippen molar-refractivity contribution in [2.75, 3.05) is 46.9 Å². The van der Waals surface area contributed by atoms with Crippen LogP contribution in [0.25, 0.3) is 0 Å². The second kappa shape index (κ2) is 5.60. The standard InChI is InChI=1S/C16H24N2O3S/c1-13-5-4-6-15(7-13)22(19,20)18-8-14-9-21-12-16(14,11-18)10-17(2)3/h4-7,14H,8-12H2,1-3H3/t14-,16+/m1/s1. The minimum atomic E-state index is -3.42. The molecule has 0 saturated carbocycles. The van der Waals surface area contributed by atoms with Gasteiger partial charge >= 0.3 is 0 Å². The van der Waals surface area contributed by atoms with Gasteiger partial charge in [0.15, 0.2) is 0 Å². The van der Waals surface area contributed by atoms with Crippen LogP contribution in [0.15, 0.2) is 29.2 Å². The number of aryl methyl sites for hydroxylation is 1. The van der Waals surface area contributed by atoms with E-state index in [2.05, 4.69) is 4.90 Å². The summed E-state index contributed by atoms with van der Waals surface area (Å²) in [6, 6.07) is 7.15. The third-order valence-corrected chi connectivity index (χ3v) is 6.56. The zero-order valence-corrected chi connectivity index (χ0v) is 14.3. The summed E-state index contributed by atoms with van der Waals surface area (Å²) in [5.41, 5.74) is 0.896. The van der Waals surface area contributed by atoms with Crippen molar-refractivity contribution >= 4 is 10.0 Å². The minimum absolute atomic E-state index is 0.0691. The lowest BCUT2D eigenvalue weighted by atomic mass is 9.81. The largest absolute Gasteiger partial charge is 0.380 e. The number of ether oxygens (including phenoxy) is 1. The molecule has 0 aliphatic carbocycles. The quantitative estimate of drug-likeness (QED) is 0.835. The maximum absolute atomic E-state index is 12.9. The monoisotopic (exact) mass is 324 g/mol. The molecule has 22 heavy (non-hydrogen) atoms. The van der Waals surface area contributed by atoms with Crippen LogP contribution in [0.5, 0.6) is 0 Å². The van der Waals surface area contributed by atoms with Crippen molar-refractivity contribution in [3.05, 3.63) is 29.8 Å². The van der Waals surface area contributed by atoms with Gasteiger partial charge in [0, 0.05) is 31.0 Å². The number of rotatable bonds is 4. The van der Waals surface area contributed by atoms with Crippen molar-refractivity contribution < 1.29 is 13.2 Å². The van der Waals surface area contributed by atoms with Gasteiger partial charge in [-0.05, 0) is 38.7 Å². The maximum Gasteiger partial charge on any atom is 0.243 e. The van der Waals surface area contributed by atoms with Gasteiger partial charge in [-0.15, -0.1) is 0 Å². The number of nitrogens with zero attached hydrogens (tertiary/aromatic N) is 2. The molecule has 0 bridgehead atoms. The lowest BCUT2D eigenvalue weighted by Crippen LogP contribution is -2.41. The molecule has 2 fully saturated rings. The van der Waals surface area contributed by atoms with Crippen LogP contribution in [0.4, 0.5) is 0 Å². The molecule has 1 aromatic rings. The van der Waals surface area contributed by atoms with Crippen molar-refractivity contribution in [1.82, 2.24) is 9.21 Å². The molecule has 2 aliphatic rings. The van der Waals surface area contributed by atoms with Crippen LogP contribution in [0, 0.1) is 18.3 Å². The third-order valence-electron chi connectivity index (χ3n) is 4.75. The van der Waals surface area contributed by atoms with Gasteiger partial charge in [0.1, 0.15) is 0 Å². The molecule has 0 amide bonds. The molecule has 3 rings (SSSR count). The minimum Gasteiger partial charge on any atom is -0.380 e. The topological polar surface area (TPSA) is 49.9 Å². The Morgan fingerprint density at radius 1 is 1.41 bits per heavy atom. The summed E-state index contributed by atoms with van der Waals surface area (Å²) in [7, 11) is 0.641. The van der Waals surface area contributed by atoms with Gasteiger partial charge in [-0.25, -0.2) is 8.42 Å². The molecule has 1 aromatic carbocycles. The van der Waals surface area contributed by atoms with Crippen LogP contribution < -0.4 is 0 Å². The van der Waals surface area contributed by atoms with E-state index in [-0.39, 0.29) is 11.3 Å². The highest BCUT2D eigenvalue weighted by molar-refractivity contribution is 7.89. The molecule has 2 saturated heterocycles. The summed E-state index contributed by atoms with van der Waals surface area (Å²) in [6.07, 6.45) is 0. The Bertz CT molecular complexity index is 659. The first-order valence-corrected chi connectivity index (χ1v) is 9.07. The fourth-order valence-electron chi connectivity index (χ4n) is 3.74. The van der Waals surface area contributed by atoms with Crippen LogP contribution in [-0.2, 0) is 14.8 Å². The van der Waals surface area contributed by atoms with E-state index in [0.717, 1.165) is 12.1 Å². The van der Waals surface area contributed by atoms with Crippen LogP contribution in [0.2, 0.25) is 0 Å². The van der Waals surface area contributed by atoms with Gasteiger partial charge in [-0.3, -0.25) is 0 Å². The molecular formula is C16H24N2O3S. The Balaban J connectivity index is 1.88. The second-order valence-corrected chi connectivity index (χ2v) is 8.86. The highest BCUT2D eigenvalue weighted by Gasteiger charge is 2.53. The van der Waals surface area contributed by atoms with E-state index in [1.165, 1.54) is 0 Å². The van der Waals surface area contributed by atoms with Crippen LogP contribution in [-0.4, -0.2) is 64.6 Å². The van der Waals surface area contributed by atoms with E-state index >= 15 is 0 Å². The predicted octanol–water partition coefficient (Wildman–Crippen LogP) is 1.19. The highest BCUT2D eigenvalue weighted by Crippen LogP contribution is 2.43. The van der Waals surface area contributed by atoms with E-state index in [9.17, 15) is 8.42 Å². The molecule has 0 spiro atoms. The Kier molecular flexibility index (Phi) is 4.05. The Morgan fingerprint density at radius 2 is 2.18 bits per heavy atom. The van der Waals surface area contributed by atoms with Gasteiger partial charge in [0.05, 0.1) is 18.1 Å². The van der Waals surface area contributed by atoms with Crippen LogP contribution >= 0.6 is 0 Å². The molecule has 0 radical (unpaired) electrons. The van der Waals surface area contributed by atoms with Crippen LogP contribution in [0.3, 0.4) is 0 Å². The number of hydrogen-bond acceptors (Lipinski definition) is 4. The van der Waals surface area contributed by atoms with Crippen molar-refractivity contribution in [2.24, 2.45) is 11.3 Å². The summed E-state index contributed by atoms with van der Waals surface area (Å²) in [5.74, 6) is 0.287. The first kappa shape index (κ1) is 15.9. The van der Waals surface area contributed by atoms with E-state index in [4.69, 9.17) is 4.74 Å². The van der Waals surface area contributed by atoms with Crippen molar-refractivity contribution in [1.29, 1.82) is 0 Å². The zero-order valence-electron chi connectivity index (χ0n) is 13.4. The van der Waals surface area contributed by atoms with Gasteiger partial charge in [0.2, 0.25) is 10.0 Å². The normalized spacial score (nSPS) is 29.2. The summed E-state index contributed by atoms with van der Waals surface area (Å²) in [6.45, 7) is 5.19. The van der Waals surface area contributed by atoms with Crippen LogP contribution in [0.1, 0.15) is 5.56 Å². The lowest BCUT2D eigenvalue weighted by Gasteiger charge is -2.30. The second-order valence-electron chi connectivity index (χ2n) is 6.93. The predicted molar refractivity (Wildman–Crippen MR) is 85.2 cm³/mol. The zero-order chi connectivity index (χ0) is 16.0. The Hall–Kier alpha value is -0.950. The van der Waals surface area contributed by atoms with Gasteiger partial charge in [0.25, 0.3) is 0 Å². The molecule has 5 nitrogen and oxygen atoms in total. The van der Waals surface area contributed by atoms with Gasteiger partial charge in [-0.1, -0.05) is 12.1 Å². The lowest BCUT2D eigenvalue weighted by molar-refractivity contribution is 0.124. The maximum atomic E-state index is 12.9. The van der Waals surface area contributed by atoms with Gasteiger partial charge < -0.3 is 9.64 Å². The smallest absolute Gasteiger partial charge is 0.243 e. The Labute approximate surface area is 132 Å². The fourth-order valence-corrected chi connectivity index (χ4v) is 5.43. The van der Waals surface area contributed by atoms with E-state index in [1.54, 1.807) is 22.5 Å². The molecule has 2 atom stereocenters. The number of sulfonamides is 1. The number of hydrogen-bond donors (Lipinski definition) is 0. The summed E-state index contributed by atoms with van der Waals surface area (Å²) < 4.78 is 33.1. The van der Waals surface area contributed by atoms with E-state index in [1.807, 2.05) is 27.1 Å². The molecule has 122 valence electrons. The number of fused-ring (bicyclic) bond motifs is 1. The fraction of sp³-hybridized carbons (Fsp3) is 0.625. The number of benzene rings is 1. The molecular weight excluding hydrogens is 300 g/mol. The summed E-state index contributed by atoms with van der Waals surface area (Å²) in [4.78, 5) is 2.53.